The first kappa shape index (κ1) is 13.3. The predicted octanol–water partition coefficient (Wildman–Crippen LogP) is 3.14. The molecule has 80 valence electrons. The zero-order valence-corrected chi connectivity index (χ0v) is 10.5. The monoisotopic (exact) mass is 203 g/mol. The topological polar surface area (TPSA) is 26.0 Å². The van der Waals surface area contributed by atoms with Gasteiger partial charge < -0.3 is 5.73 Å². The van der Waals surface area contributed by atoms with Gasteiger partial charge in [0.15, 0.2) is 0 Å². The molecular formula is C11H25NS. The first-order valence-corrected chi connectivity index (χ1v) is 6.41. The maximum Gasteiger partial charge on any atom is 0.0156 e. The molecule has 1 nitrogen and oxygen atoms in total. The van der Waals surface area contributed by atoms with Gasteiger partial charge in [-0.25, -0.2) is 0 Å². The van der Waals surface area contributed by atoms with Gasteiger partial charge in [-0.2, -0.15) is 11.8 Å². The minimum Gasteiger partial charge on any atom is -0.327 e. The maximum atomic E-state index is 6.06. The fraction of sp³-hybridized carbons (Fsp3) is 1.00. The molecule has 0 aliphatic heterocycles. The molecule has 0 aromatic carbocycles. The van der Waals surface area contributed by atoms with Crippen LogP contribution in [-0.4, -0.2) is 17.0 Å². The number of nitrogens with two attached hydrogens (primary N) is 1. The Morgan fingerprint density at radius 1 is 1.15 bits per heavy atom. The second-order valence-corrected chi connectivity index (χ2v) is 5.74. The van der Waals surface area contributed by atoms with Crippen LogP contribution in [0.1, 0.15) is 41.0 Å². The summed E-state index contributed by atoms with van der Waals surface area (Å²) in [5.41, 5.74) is 6.06. The maximum absolute atomic E-state index is 6.06. The molecule has 0 saturated heterocycles. The molecule has 0 amide bonds. The van der Waals surface area contributed by atoms with E-state index in [9.17, 15) is 0 Å². The Balaban J connectivity index is 3.63. The molecule has 0 radical (unpaired) electrons. The third-order valence-electron chi connectivity index (χ3n) is 2.87. The van der Waals surface area contributed by atoms with Crippen molar-refractivity contribution < 1.29 is 0 Å². The summed E-state index contributed by atoms with van der Waals surface area (Å²) in [5.74, 6) is 2.52. The summed E-state index contributed by atoms with van der Waals surface area (Å²) in [4.78, 5) is 0. The predicted molar refractivity (Wildman–Crippen MR) is 64.2 cm³/mol. The summed E-state index contributed by atoms with van der Waals surface area (Å²) in [7, 11) is 0. The summed E-state index contributed by atoms with van der Waals surface area (Å²) in [6.07, 6.45) is 1.19. The van der Waals surface area contributed by atoms with Gasteiger partial charge in [-0.3, -0.25) is 0 Å². The van der Waals surface area contributed by atoms with Gasteiger partial charge in [-0.1, -0.05) is 41.0 Å². The fourth-order valence-electron chi connectivity index (χ4n) is 0.922. The van der Waals surface area contributed by atoms with Crippen LogP contribution in [0.4, 0.5) is 0 Å². The minimum atomic E-state index is 0.371. The van der Waals surface area contributed by atoms with Crippen LogP contribution in [-0.2, 0) is 0 Å². The van der Waals surface area contributed by atoms with E-state index < -0.39 is 0 Å². The molecule has 0 aliphatic rings. The van der Waals surface area contributed by atoms with Gasteiger partial charge in [0.25, 0.3) is 0 Å². The van der Waals surface area contributed by atoms with E-state index in [2.05, 4.69) is 34.6 Å². The van der Waals surface area contributed by atoms with E-state index in [1.165, 1.54) is 6.42 Å². The smallest absolute Gasteiger partial charge is 0.0156 e. The molecule has 3 unspecified atom stereocenters. The molecule has 0 fully saturated rings. The van der Waals surface area contributed by atoms with E-state index >= 15 is 0 Å². The normalized spacial score (nSPS) is 18.7. The van der Waals surface area contributed by atoms with Crippen molar-refractivity contribution in [1.29, 1.82) is 0 Å². The van der Waals surface area contributed by atoms with Gasteiger partial charge in [0.05, 0.1) is 0 Å². The summed E-state index contributed by atoms with van der Waals surface area (Å²) in [5, 5.41) is 0.732. The number of hydrogen-bond acceptors (Lipinski definition) is 2. The fourth-order valence-corrected chi connectivity index (χ4v) is 2.16. The average Bonchev–Trinajstić information content (AvgIpc) is 2.11. The van der Waals surface area contributed by atoms with Crippen LogP contribution in [0.25, 0.3) is 0 Å². The molecular weight excluding hydrogens is 178 g/mol. The highest BCUT2D eigenvalue weighted by atomic mass is 32.2. The van der Waals surface area contributed by atoms with Gasteiger partial charge in [-0.05, 0) is 11.8 Å². The molecule has 0 aromatic rings. The first-order chi connectivity index (χ1) is 5.99. The van der Waals surface area contributed by atoms with Crippen molar-refractivity contribution in [3.63, 3.8) is 0 Å². The Kier molecular flexibility index (Phi) is 6.88. The second kappa shape index (κ2) is 6.72. The lowest BCUT2D eigenvalue weighted by atomic mass is 10.0. The van der Waals surface area contributed by atoms with Crippen molar-refractivity contribution in [3.8, 4) is 0 Å². The van der Waals surface area contributed by atoms with E-state index in [1.807, 2.05) is 11.8 Å². The Labute approximate surface area is 87.9 Å². The molecule has 13 heavy (non-hydrogen) atoms. The summed E-state index contributed by atoms with van der Waals surface area (Å²) in [6.45, 7) is 11.3. The number of thioether (sulfide) groups is 1. The highest BCUT2D eigenvalue weighted by Gasteiger charge is 2.14. The molecule has 0 spiro atoms. The SMILES string of the molecule is CCC(C)C(N)CSC(C)C(C)C. The Bertz CT molecular complexity index is 125. The van der Waals surface area contributed by atoms with Gasteiger partial charge >= 0.3 is 0 Å². The van der Waals surface area contributed by atoms with Crippen LogP contribution in [0, 0.1) is 11.8 Å². The molecule has 0 bridgehead atoms. The first-order valence-electron chi connectivity index (χ1n) is 5.36. The van der Waals surface area contributed by atoms with Crippen molar-refractivity contribution in [2.24, 2.45) is 17.6 Å². The molecule has 0 rings (SSSR count). The third kappa shape index (κ3) is 5.58. The molecule has 0 heterocycles. The van der Waals surface area contributed by atoms with Gasteiger partial charge in [0.2, 0.25) is 0 Å². The summed E-state index contributed by atoms with van der Waals surface area (Å²) >= 11 is 2.01. The summed E-state index contributed by atoms with van der Waals surface area (Å²) in [6, 6.07) is 0.371. The molecule has 2 heteroatoms. The van der Waals surface area contributed by atoms with E-state index in [4.69, 9.17) is 5.73 Å². The van der Waals surface area contributed by atoms with Gasteiger partial charge in [0, 0.05) is 17.0 Å². The van der Waals surface area contributed by atoms with Crippen molar-refractivity contribution >= 4 is 11.8 Å². The summed E-state index contributed by atoms with van der Waals surface area (Å²) < 4.78 is 0. The second-order valence-electron chi connectivity index (χ2n) is 4.33. The lowest BCUT2D eigenvalue weighted by molar-refractivity contribution is 0.474. The highest BCUT2D eigenvalue weighted by molar-refractivity contribution is 7.99. The van der Waals surface area contributed by atoms with Crippen molar-refractivity contribution in [3.05, 3.63) is 0 Å². The van der Waals surface area contributed by atoms with E-state index in [0.29, 0.717) is 12.0 Å². The van der Waals surface area contributed by atoms with Crippen molar-refractivity contribution in [2.75, 3.05) is 5.75 Å². The third-order valence-corrected chi connectivity index (χ3v) is 4.51. The van der Waals surface area contributed by atoms with Crippen LogP contribution in [0.5, 0.6) is 0 Å². The quantitative estimate of drug-likeness (QED) is 0.718. The molecule has 0 saturated carbocycles. The van der Waals surface area contributed by atoms with Crippen molar-refractivity contribution in [2.45, 2.75) is 52.3 Å². The van der Waals surface area contributed by atoms with Crippen LogP contribution in [0.3, 0.4) is 0 Å². The van der Waals surface area contributed by atoms with Crippen molar-refractivity contribution in [1.82, 2.24) is 0 Å². The Morgan fingerprint density at radius 3 is 2.08 bits per heavy atom. The lowest BCUT2D eigenvalue weighted by Gasteiger charge is -2.21. The van der Waals surface area contributed by atoms with Gasteiger partial charge in [0.1, 0.15) is 0 Å². The van der Waals surface area contributed by atoms with E-state index in [-0.39, 0.29) is 0 Å². The van der Waals surface area contributed by atoms with Crippen LogP contribution < -0.4 is 5.73 Å². The molecule has 0 aliphatic carbocycles. The van der Waals surface area contributed by atoms with E-state index in [0.717, 1.165) is 16.9 Å². The highest BCUT2D eigenvalue weighted by Crippen LogP contribution is 2.21. The lowest BCUT2D eigenvalue weighted by Crippen LogP contribution is -2.31. The number of hydrogen-bond donors (Lipinski definition) is 1. The molecule has 3 atom stereocenters. The Hall–Kier alpha value is 0.310. The molecule has 0 aromatic heterocycles. The van der Waals surface area contributed by atoms with Crippen LogP contribution in [0.2, 0.25) is 0 Å². The number of rotatable bonds is 6. The van der Waals surface area contributed by atoms with E-state index in [1.54, 1.807) is 0 Å². The zero-order valence-electron chi connectivity index (χ0n) is 9.71. The van der Waals surface area contributed by atoms with Gasteiger partial charge in [-0.15, -0.1) is 0 Å². The largest absolute Gasteiger partial charge is 0.327 e. The zero-order chi connectivity index (χ0) is 10.4. The van der Waals surface area contributed by atoms with Crippen LogP contribution in [0.15, 0.2) is 0 Å². The van der Waals surface area contributed by atoms with Crippen LogP contribution >= 0.6 is 11.8 Å². The average molecular weight is 203 g/mol. The standard InChI is InChI=1S/C11H25NS/c1-6-9(4)11(12)7-13-10(5)8(2)3/h8-11H,6-7,12H2,1-5H3. The minimum absolute atomic E-state index is 0.371. The Morgan fingerprint density at radius 2 is 1.69 bits per heavy atom. The molecule has 2 N–H and O–H groups in total.